The summed E-state index contributed by atoms with van der Waals surface area (Å²) < 4.78 is 15.0. The second-order valence-corrected chi connectivity index (χ2v) is 10.7. The largest absolute Gasteiger partial charge is 0.371 e. The van der Waals surface area contributed by atoms with E-state index in [4.69, 9.17) is 0 Å². The van der Waals surface area contributed by atoms with Gasteiger partial charge in [0.2, 0.25) is 0 Å². The molecule has 0 saturated carbocycles. The summed E-state index contributed by atoms with van der Waals surface area (Å²) in [5, 5.41) is 9.26. The topological polar surface area (TPSA) is 47.3 Å². The van der Waals surface area contributed by atoms with Gasteiger partial charge in [0.1, 0.15) is 11.9 Å². The Morgan fingerprint density at radius 2 is 1.74 bits per heavy atom. The summed E-state index contributed by atoms with van der Waals surface area (Å²) >= 11 is 0. The minimum atomic E-state index is -0.483. The summed E-state index contributed by atoms with van der Waals surface area (Å²) in [7, 11) is 0. The Morgan fingerprint density at radius 3 is 2.44 bits per heavy atom. The van der Waals surface area contributed by atoms with Gasteiger partial charge < -0.3 is 9.80 Å². The minimum absolute atomic E-state index is 0.0218. The molecule has 34 heavy (non-hydrogen) atoms. The average Bonchev–Trinajstić information content (AvgIpc) is 3.52. The monoisotopic (exact) mass is 455 g/mol. The first-order valence-electron chi connectivity index (χ1n) is 12.5. The van der Waals surface area contributed by atoms with Crippen molar-refractivity contribution < 1.29 is 9.18 Å². The zero-order valence-corrected chi connectivity index (χ0v) is 20.0. The van der Waals surface area contributed by atoms with E-state index in [1.54, 1.807) is 6.07 Å². The van der Waals surface area contributed by atoms with Crippen molar-refractivity contribution in [1.29, 1.82) is 5.26 Å². The molecule has 2 aliphatic heterocycles. The van der Waals surface area contributed by atoms with Crippen LogP contribution >= 0.6 is 0 Å². The molecule has 0 radical (unpaired) electrons. The van der Waals surface area contributed by atoms with Gasteiger partial charge in [-0.2, -0.15) is 5.26 Å². The second-order valence-electron chi connectivity index (χ2n) is 10.7. The Hall–Kier alpha value is -2.97. The molecule has 174 valence electrons. The van der Waals surface area contributed by atoms with Gasteiger partial charge in [0.05, 0.1) is 5.56 Å². The lowest BCUT2D eigenvalue weighted by Gasteiger charge is -2.39. The van der Waals surface area contributed by atoms with Crippen molar-refractivity contribution in [1.82, 2.24) is 4.90 Å². The zero-order valence-electron chi connectivity index (χ0n) is 20.0. The van der Waals surface area contributed by atoms with E-state index in [-0.39, 0.29) is 16.8 Å². The molecule has 2 heterocycles. The molecule has 0 atom stereocenters. The van der Waals surface area contributed by atoms with Gasteiger partial charge in [-0.25, -0.2) is 4.39 Å². The maximum atomic E-state index is 15.0. The highest BCUT2D eigenvalue weighted by Crippen LogP contribution is 2.51. The molecule has 0 aromatic heterocycles. The number of carbonyl (C=O) groups is 1. The Morgan fingerprint density at radius 1 is 1.03 bits per heavy atom. The van der Waals surface area contributed by atoms with Crippen LogP contribution in [0.5, 0.6) is 0 Å². The van der Waals surface area contributed by atoms with Crippen LogP contribution in [0, 0.1) is 17.1 Å². The number of hydrogen-bond acceptors (Lipinski definition) is 4. The molecule has 4 aliphatic rings. The maximum Gasteiger partial charge on any atom is 0.193 e. The molecule has 0 spiro atoms. The lowest BCUT2D eigenvalue weighted by atomic mass is 9.68. The van der Waals surface area contributed by atoms with Crippen molar-refractivity contribution in [3.05, 3.63) is 69.5 Å². The van der Waals surface area contributed by atoms with E-state index in [9.17, 15) is 10.1 Å². The predicted molar refractivity (Wildman–Crippen MR) is 132 cm³/mol. The van der Waals surface area contributed by atoms with Crippen molar-refractivity contribution in [2.75, 3.05) is 31.1 Å². The number of nitrogens with zero attached hydrogens (tertiary/aromatic N) is 3. The molecule has 5 heteroatoms. The normalized spacial score (nSPS) is 21.9. The number of carbonyl (C=O) groups excluding carboxylic acids is 1. The Bertz CT molecular complexity index is 1270. The average molecular weight is 456 g/mol. The summed E-state index contributed by atoms with van der Waals surface area (Å²) in [6, 6.07) is 12.1. The van der Waals surface area contributed by atoms with E-state index in [2.05, 4.69) is 35.8 Å². The molecular formula is C29H30FN3O. The molecule has 2 saturated heterocycles. The SMILES string of the molecule is CC1(C)C2=C(C(=O)c3ccc(N4CCC(N5CCCC5)CC4)cc31)c1ccc(C#N)c(F)c1C2. The van der Waals surface area contributed by atoms with Crippen LogP contribution < -0.4 is 4.90 Å². The van der Waals surface area contributed by atoms with E-state index < -0.39 is 5.82 Å². The second kappa shape index (κ2) is 7.78. The van der Waals surface area contributed by atoms with Crippen molar-refractivity contribution in [2.45, 2.75) is 57.4 Å². The van der Waals surface area contributed by atoms with Gasteiger partial charge in [0, 0.05) is 46.9 Å². The summed E-state index contributed by atoms with van der Waals surface area (Å²) in [4.78, 5) is 18.7. The molecule has 6 rings (SSSR count). The Labute approximate surface area is 200 Å². The van der Waals surface area contributed by atoms with Gasteiger partial charge in [-0.3, -0.25) is 4.79 Å². The molecule has 2 aromatic carbocycles. The minimum Gasteiger partial charge on any atom is -0.371 e. The maximum absolute atomic E-state index is 15.0. The van der Waals surface area contributed by atoms with Crippen LogP contribution in [0.3, 0.4) is 0 Å². The van der Waals surface area contributed by atoms with Gasteiger partial charge in [-0.05, 0) is 86.2 Å². The lowest BCUT2D eigenvalue weighted by Crippen LogP contribution is -2.44. The molecule has 2 fully saturated rings. The summed E-state index contributed by atoms with van der Waals surface area (Å²) in [6.45, 7) is 8.86. The summed E-state index contributed by atoms with van der Waals surface area (Å²) in [6.07, 6.45) is 5.42. The third-order valence-corrected chi connectivity index (χ3v) is 8.68. The van der Waals surface area contributed by atoms with Crippen LogP contribution in [-0.4, -0.2) is 42.9 Å². The number of anilines is 1. The van der Waals surface area contributed by atoms with E-state index >= 15 is 4.39 Å². The molecule has 4 nitrogen and oxygen atoms in total. The lowest BCUT2D eigenvalue weighted by molar-refractivity contribution is 0.105. The van der Waals surface area contributed by atoms with Gasteiger partial charge in [0.25, 0.3) is 0 Å². The van der Waals surface area contributed by atoms with Crippen molar-refractivity contribution in [3.8, 4) is 6.07 Å². The number of halogens is 1. The highest BCUT2D eigenvalue weighted by molar-refractivity contribution is 6.33. The van der Waals surface area contributed by atoms with E-state index in [0.29, 0.717) is 29.2 Å². The number of piperidine rings is 1. The number of nitriles is 1. The Kier molecular flexibility index (Phi) is 4.93. The number of allylic oxidation sites excluding steroid dienone is 2. The van der Waals surface area contributed by atoms with Gasteiger partial charge in [-0.15, -0.1) is 0 Å². The van der Waals surface area contributed by atoms with Crippen molar-refractivity contribution in [3.63, 3.8) is 0 Å². The highest BCUT2D eigenvalue weighted by atomic mass is 19.1. The number of rotatable bonds is 2. The molecular weight excluding hydrogens is 425 g/mol. The van der Waals surface area contributed by atoms with E-state index in [1.807, 2.05) is 12.1 Å². The van der Waals surface area contributed by atoms with Crippen molar-refractivity contribution >= 4 is 17.0 Å². The predicted octanol–water partition coefficient (Wildman–Crippen LogP) is 5.25. The van der Waals surface area contributed by atoms with E-state index in [0.717, 1.165) is 29.8 Å². The van der Waals surface area contributed by atoms with Crippen LogP contribution in [0.2, 0.25) is 0 Å². The van der Waals surface area contributed by atoms with Crippen LogP contribution in [0.1, 0.15) is 72.1 Å². The first-order chi connectivity index (χ1) is 16.4. The number of hydrogen-bond donors (Lipinski definition) is 0. The van der Waals surface area contributed by atoms with Crippen LogP contribution in [0.25, 0.3) is 5.57 Å². The number of ketones is 1. The zero-order chi connectivity index (χ0) is 23.6. The smallest absolute Gasteiger partial charge is 0.193 e. The van der Waals surface area contributed by atoms with Crippen molar-refractivity contribution in [2.24, 2.45) is 0 Å². The fraction of sp³-hybridized carbons (Fsp3) is 0.448. The summed E-state index contributed by atoms with van der Waals surface area (Å²) in [5.41, 5.74) is 5.33. The quantitative estimate of drug-likeness (QED) is 0.621. The van der Waals surface area contributed by atoms with E-state index in [1.165, 1.54) is 50.5 Å². The number of benzene rings is 2. The molecule has 2 aliphatic carbocycles. The molecule has 0 N–H and O–H groups in total. The first kappa shape index (κ1) is 21.6. The molecule has 2 aromatic rings. The molecule has 0 bridgehead atoms. The number of likely N-dealkylation sites (tertiary alicyclic amines) is 1. The third kappa shape index (κ3) is 3.08. The molecule has 0 unspecified atom stereocenters. The number of fused-ring (bicyclic) bond motifs is 3. The highest BCUT2D eigenvalue weighted by Gasteiger charge is 2.44. The van der Waals surface area contributed by atoms with Crippen LogP contribution in [-0.2, 0) is 11.8 Å². The first-order valence-corrected chi connectivity index (χ1v) is 12.5. The van der Waals surface area contributed by atoms with Crippen LogP contribution in [0.4, 0.5) is 10.1 Å². The van der Waals surface area contributed by atoms with Crippen LogP contribution in [0.15, 0.2) is 35.9 Å². The fourth-order valence-electron chi connectivity index (χ4n) is 6.67. The van der Waals surface area contributed by atoms with Gasteiger partial charge in [0.15, 0.2) is 5.78 Å². The standard InChI is InChI=1S/C29H30FN3O/c1-29(2)24-15-20(33-13-9-19(10-14-33)32-11-3-4-12-32)6-8-22(24)28(34)26-21-7-5-18(17-31)27(30)23(21)16-25(26)29/h5-8,15,19H,3-4,9-14,16H2,1-2H3. The van der Waals surface area contributed by atoms with Gasteiger partial charge >= 0.3 is 0 Å². The van der Waals surface area contributed by atoms with Gasteiger partial charge in [-0.1, -0.05) is 19.9 Å². The third-order valence-electron chi connectivity index (χ3n) is 8.68. The fourth-order valence-corrected chi connectivity index (χ4v) is 6.67. The summed E-state index contributed by atoms with van der Waals surface area (Å²) in [5.74, 6) is -0.505. The Balaban J connectivity index is 1.31. The molecule has 0 amide bonds. The number of Topliss-reactive ketones (excluding diaryl/α,β-unsaturated/α-hetero) is 1.